The Morgan fingerprint density at radius 2 is 2.15 bits per heavy atom. The van der Waals surface area contributed by atoms with Crippen molar-refractivity contribution < 1.29 is 22.7 Å². The molecule has 1 aromatic heterocycles. The van der Waals surface area contributed by atoms with E-state index in [9.17, 15) is 18.3 Å². The second-order valence-corrected chi connectivity index (χ2v) is 6.41. The van der Waals surface area contributed by atoms with Crippen LogP contribution in [0.25, 0.3) is 11.0 Å². The molecular weight excluding hydrogens is 286 g/mol. The number of benzene rings is 1. The Hall–Kier alpha value is -2.22. The van der Waals surface area contributed by atoms with Crippen molar-refractivity contribution in [1.29, 1.82) is 0 Å². The van der Waals surface area contributed by atoms with Crippen molar-refractivity contribution in [2.24, 2.45) is 0 Å². The molecule has 106 valence electrons. The van der Waals surface area contributed by atoms with Gasteiger partial charge in [0.25, 0.3) is 0 Å². The molecule has 0 saturated heterocycles. The minimum absolute atomic E-state index is 0.000625. The Kier molecular flexibility index (Phi) is 2.65. The molecule has 0 saturated carbocycles. The fourth-order valence-corrected chi connectivity index (χ4v) is 3.78. The van der Waals surface area contributed by atoms with Crippen LogP contribution in [-0.2, 0) is 9.84 Å². The van der Waals surface area contributed by atoms with Crippen molar-refractivity contribution in [3.05, 3.63) is 22.6 Å². The van der Waals surface area contributed by atoms with E-state index in [1.165, 1.54) is 19.2 Å². The van der Waals surface area contributed by atoms with Gasteiger partial charge in [-0.05, 0) is 6.07 Å². The maximum atomic E-state index is 12.2. The summed E-state index contributed by atoms with van der Waals surface area (Å²) in [7, 11) is -2.24. The Bertz CT molecular complexity index is 868. The van der Waals surface area contributed by atoms with Gasteiger partial charge >= 0.3 is 5.63 Å². The maximum absolute atomic E-state index is 12.2. The summed E-state index contributed by atoms with van der Waals surface area (Å²) < 4.78 is 34.4. The lowest BCUT2D eigenvalue weighted by atomic mass is 10.2. The third kappa shape index (κ3) is 1.72. The van der Waals surface area contributed by atoms with Crippen LogP contribution in [-0.4, -0.2) is 32.9 Å². The molecule has 2 heterocycles. The van der Waals surface area contributed by atoms with Crippen LogP contribution in [0.1, 0.15) is 0 Å². The molecule has 0 radical (unpaired) electrons. The minimum Gasteiger partial charge on any atom is -0.504 e. The van der Waals surface area contributed by atoms with E-state index in [-0.39, 0.29) is 45.3 Å². The lowest BCUT2D eigenvalue weighted by Crippen LogP contribution is -2.28. The number of ether oxygens (including phenoxy) is 1. The summed E-state index contributed by atoms with van der Waals surface area (Å²) in [5.41, 5.74) is -0.851. The second kappa shape index (κ2) is 4.14. The molecule has 2 aromatic rings. The molecule has 0 bridgehead atoms. The smallest absolute Gasteiger partial charge is 0.361 e. The third-order valence-corrected chi connectivity index (χ3v) is 4.93. The summed E-state index contributed by atoms with van der Waals surface area (Å²) in [5, 5.41) is 12.6. The predicted molar refractivity (Wildman–Crippen MR) is 71.2 cm³/mol. The van der Waals surface area contributed by atoms with E-state index in [0.717, 1.165) is 0 Å². The van der Waals surface area contributed by atoms with Crippen molar-refractivity contribution >= 4 is 26.5 Å². The number of methoxy groups -OCH3 is 1. The van der Waals surface area contributed by atoms with Crippen molar-refractivity contribution in [3.63, 3.8) is 0 Å². The van der Waals surface area contributed by atoms with Gasteiger partial charge in [0.05, 0.1) is 12.9 Å². The normalized spacial score (nSPS) is 16.4. The van der Waals surface area contributed by atoms with Gasteiger partial charge in [0.1, 0.15) is 16.2 Å². The number of phenolic OH excluding ortho intramolecular Hbond substituents is 1. The van der Waals surface area contributed by atoms with Crippen LogP contribution in [0.3, 0.4) is 0 Å². The SMILES string of the molecule is COc1cc2c3c(c(=O)oc2cc1O)NCCS3(=O)=O. The Morgan fingerprint density at radius 3 is 2.85 bits per heavy atom. The molecule has 1 aliphatic heterocycles. The molecule has 20 heavy (non-hydrogen) atoms. The molecule has 0 fully saturated rings. The molecule has 1 aromatic carbocycles. The first-order chi connectivity index (χ1) is 9.44. The molecular formula is C12H11NO6S. The molecule has 0 unspecified atom stereocenters. The van der Waals surface area contributed by atoms with Crippen LogP contribution in [0.5, 0.6) is 11.5 Å². The standard InChI is InChI=1S/C12H11NO6S/c1-18-9-4-6-8(5-7(9)14)19-12(15)10-11(6)20(16,17)3-2-13-10/h4-5,13-14H,2-3H2,1H3. The first-order valence-electron chi connectivity index (χ1n) is 5.78. The highest BCUT2D eigenvalue weighted by molar-refractivity contribution is 7.91. The van der Waals surface area contributed by atoms with E-state index in [2.05, 4.69) is 5.32 Å². The summed E-state index contributed by atoms with van der Waals surface area (Å²) in [6.07, 6.45) is 0. The van der Waals surface area contributed by atoms with Gasteiger partial charge in [-0.25, -0.2) is 13.2 Å². The van der Waals surface area contributed by atoms with Crippen LogP contribution in [0.2, 0.25) is 0 Å². The molecule has 1 aliphatic rings. The number of sulfone groups is 1. The molecule has 0 amide bonds. The van der Waals surface area contributed by atoms with Gasteiger partial charge in [0, 0.05) is 18.0 Å². The number of aromatic hydroxyl groups is 1. The Morgan fingerprint density at radius 1 is 1.40 bits per heavy atom. The monoisotopic (exact) mass is 297 g/mol. The Balaban J connectivity index is 2.53. The van der Waals surface area contributed by atoms with Gasteiger partial charge in [-0.2, -0.15) is 0 Å². The van der Waals surface area contributed by atoms with Crippen molar-refractivity contribution in [2.45, 2.75) is 4.90 Å². The number of nitrogens with one attached hydrogen (secondary N) is 1. The molecule has 0 atom stereocenters. The van der Waals surface area contributed by atoms with E-state index < -0.39 is 15.5 Å². The molecule has 0 aliphatic carbocycles. The summed E-state index contributed by atoms with van der Waals surface area (Å²) in [5.74, 6) is -0.236. The Labute approximate surface area is 113 Å². The maximum Gasteiger partial charge on any atom is 0.361 e. The fourth-order valence-electron chi connectivity index (χ4n) is 2.24. The van der Waals surface area contributed by atoms with Gasteiger partial charge in [0.2, 0.25) is 0 Å². The number of phenols is 1. The predicted octanol–water partition coefficient (Wildman–Crippen LogP) is 0.706. The van der Waals surface area contributed by atoms with Crippen molar-refractivity contribution in [1.82, 2.24) is 0 Å². The summed E-state index contributed by atoms with van der Waals surface area (Å²) in [6.45, 7) is 0.154. The minimum atomic E-state index is -3.59. The molecule has 7 nitrogen and oxygen atoms in total. The van der Waals surface area contributed by atoms with Crippen LogP contribution in [0, 0.1) is 0 Å². The highest BCUT2D eigenvalue weighted by Gasteiger charge is 2.30. The quantitative estimate of drug-likeness (QED) is 0.746. The number of hydrogen-bond donors (Lipinski definition) is 2. The van der Waals surface area contributed by atoms with E-state index in [1.807, 2.05) is 0 Å². The topological polar surface area (TPSA) is 106 Å². The van der Waals surface area contributed by atoms with Gasteiger partial charge < -0.3 is 19.6 Å². The van der Waals surface area contributed by atoms with Crippen molar-refractivity contribution in [3.8, 4) is 11.5 Å². The first-order valence-corrected chi connectivity index (χ1v) is 7.44. The largest absolute Gasteiger partial charge is 0.504 e. The molecule has 2 N–H and O–H groups in total. The summed E-state index contributed by atoms with van der Waals surface area (Å²) in [6, 6.07) is 2.51. The fraction of sp³-hybridized carbons (Fsp3) is 0.250. The molecule has 0 spiro atoms. The lowest BCUT2D eigenvalue weighted by Gasteiger charge is -2.18. The highest BCUT2D eigenvalue weighted by atomic mass is 32.2. The highest BCUT2D eigenvalue weighted by Crippen LogP contribution is 2.37. The number of rotatable bonds is 1. The number of hydrogen-bond acceptors (Lipinski definition) is 7. The van der Waals surface area contributed by atoms with Crippen LogP contribution in [0.4, 0.5) is 5.69 Å². The lowest BCUT2D eigenvalue weighted by molar-refractivity contribution is 0.373. The second-order valence-electron chi connectivity index (χ2n) is 4.36. The zero-order valence-electron chi connectivity index (χ0n) is 10.5. The van der Waals surface area contributed by atoms with Gasteiger partial charge in [-0.1, -0.05) is 0 Å². The number of fused-ring (bicyclic) bond motifs is 3. The third-order valence-electron chi connectivity index (χ3n) is 3.14. The molecule has 3 rings (SSSR count). The summed E-state index contributed by atoms with van der Waals surface area (Å²) in [4.78, 5) is 11.7. The average molecular weight is 297 g/mol. The zero-order chi connectivity index (χ0) is 14.5. The van der Waals surface area contributed by atoms with Crippen LogP contribution >= 0.6 is 0 Å². The van der Waals surface area contributed by atoms with Crippen molar-refractivity contribution in [2.75, 3.05) is 24.7 Å². The first kappa shape index (κ1) is 12.8. The van der Waals surface area contributed by atoms with Gasteiger partial charge in [-0.3, -0.25) is 0 Å². The van der Waals surface area contributed by atoms with Gasteiger partial charge in [-0.15, -0.1) is 0 Å². The van der Waals surface area contributed by atoms with Crippen LogP contribution in [0.15, 0.2) is 26.2 Å². The van der Waals surface area contributed by atoms with E-state index in [0.29, 0.717) is 0 Å². The van der Waals surface area contributed by atoms with Crippen LogP contribution < -0.4 is 15.7 Å². The van der Waals surface area contributed by atoms with E-state index in [4.69, 9.17) is 9.15 Å². The van der Waals surface area contributed by atoms with Gasteiger partial charge in [0.15, 0.2) is 21.3 Å². The number of anilines is 1. The average Bonchev–Trinajstić information content (AvgIpc) is 2.38. The van der Waals surface area contributed by atoms with E-state index in [1.54, 1.807) is 0 Å². The summed E-state index contributed by atoms with van der Waals surface area (Å²) >= 11 is 0. The zero-order valence-corrected chi connectivity index (χ0v) is 11.3. The molecule has 8 heteroatoms. The van der Waals surface area contributed by atoms with E-state index >= 15 is 0 Å².